The van der Waals surface area contributed by atoms with Crippen molar-refractivity contribution < 1.29 is 9.53 Å². The lowest BCUT2D eigenvalue weighted by molar-refractivity contribution is 0.0741. The Balaban J connectivity index is 1.59. The molecule has 0 aliphatic carbocycles. The summed E-state index contributed by atoms with van der Waals surface area (Å²) in [6, 6.07) is 11.5. The first-order valence-electron chi connectivity index (χ1n) is 8.66. The molecule has 138 valence electrons. The zero-order valence-electron chi connectivity index (χ0n) is 14.8. The monoisotopic (exact) mass is 374 g/mol. The predicted molar refractivity (Wildman–Crippen MR) is 104 cm³/mol. The second kappa shape index (κ2) is 8.87. The van der Waals surface area contributed by atoms with E-state index in [1.807, 2.05) is 35.2 Å². The highest BCUT2D eigenvalue weighted by atomic mass is 35.5. The second-order valence-corrected chi connectivity index (χ2v) is 6.54. The molecule has 1 aromatic heterocycles. The molecule has 1 aliphatic rings. The molecule has 2 heterocycles. The van der Waals surface area contributed by atoms with Crippen LogP contribution in [0.25, 0.3) is 0 Å². The number of rotatable bonds is 6. The molecule has 1 fully saturated rings. The Hall–Kier alpha value is -2.31. The van der Waals surface area contributed by atoms with Crippen molar-refractivity contribution in [2.24, 2.45) is 0 Å². The van der Waals surface area contributed by atoms with Gasteiger partial charge in [0.1, 0.15) is 5.69 Å². The molecular weight excluding hydrogens is 352 g/mol. The van der Waals surface area contributed by atoms with Crippen LogP contribution < -0.4 is 10.2 Å². The smallest absolute Gasteiger partial charge is 0.272 e. The summed E-state index contributed by atoms with van der Waals surface area (Å²) >= 11 is 6.07. The number of ether oxygens (including phenoxy) is 1. The maximum atomic E-state index is 12.8. The molecular formula is C19H23ClN4O2. The Labute approximate surface area is 158 Å². The van der Waals surface area contributed by atoms with E-state index in [9.17, 15) is 4.79 Å². The number of hydrogen-bond acceptors (Lipinski definition) is 5. The number of hydrogen-bond donors (Lipinski definition) is 1. The van der Waals surface area contributed by atoms with Gasteiger partial charge in [-0.25, -0.2) is 0 Å². The number of nitrogens with one attached hydrogen (secondary N) is 1. The van der Waals surface area contributed by atoms with E-state index in [0.29, 0.717) is 31.9 Å². The van der Waals surface area contributed by atoms with Gasteiger partial charge < -0.3 is 19.9 Å². The predicted octanol–water partition coefficient (Wildman–Crippen LogP) is 2.76. The zero-order valence-corrected chi connectivity index (χ0v) is 15.6. The summed E-state index contributed by atoms with van der Waals surface area (Å²) in [7, 11) is 1.66. The lowest BCUT2D eigenvalue weighted by atomic mass is 10.2. The van der Waals surface area contributed by atoms with Gasteiger partial charge in [-0.3, -0.25) is 9.78 Å². The van der Waals surface area contributed by atoms with Crippen molar-refractivity contribution in [2.45, 2.75) is 0 Å². The number of carbonyl (C=O) groups is 1. The maximum absolute atomic E-state index is 12.8. The van der Waals surface area contributed by atoms with Gasteiger partial charge in [-0.2, -0.15) is 0 Å². The largest absolute Gasteiger partial charge is 0.383 e. The van der Waals surface area contributed by atoms with E-state index in [0.717, 1.165) is 29.5 Å². The number of nitrogens with zero attached hydrogens (tertiary/aromatic N) is 3. The summed E-state index contributed by atoms with van der Waals surface area (Å²) in [5.41, 5.74) is 2.42. The standard InChI is InChI=1S/C19H23ClN4O2/c1-26-12-7-21-16-5-6-22-18(14-16)19(25)24-10-8-23(9-11-24)17-4-2-3-15(20)13-17/h2-6,13-14H,7-12H2,1H3,(H,21,22). The Bertz CT molecular complexity index is 748. The van der Waals surface area contributed by atoms with Crippen LogP contribution in [0.3, 0.4) is 0 Å². The summed E-state index contributed by atoms with van der Waals surface area (Å²) in [6.07, 6.45) is 1.66. The Morgan fingerprint density at radius 2 is 2.04 bits per heavy atom. The summed E-state index contributed by atoms with van der Waals surface area (Å²) in [5, 5.41) is 3.95. The summed E-state index contributed by atoms with van der Waals surface area (Å²) in [5.74, 6) is -0.0360. The lowest BCUT2D eigenvalue weighted by Gasteiger charge is -2.36. The quantitative estimate of drug-likeness (QED) is 0.788. The van der Waals surface area contributed by atoms with E-state index >= 15 is 0 Å². The summed E-state index contributed by atoms with van der Waals surface area (Å²) in [4.78, 5) is 21.1. The molecule has 1 aliphatic heterocycles. The minimum absolute atomic E-state index is 0.0360. The van der Waals surface area contributed by atoms with Crippen molar-refractivity contribution in [1.29, 1.82) is 0 Å². The molecule has 1 N–H and O–H groups in total. The fourth-order valence-electron chi connectivity index (χ4n) is 2.96. The molecule has 1 saturated heterocycles. The molecule has 26 heavy (non-hydrogen) atoms. The molecule has 0 bridgehead atoms. The topological polar surface area (TPSA) is 57.7 Å². The molecule has 1 aromatic carbocycles. The number of amides is 1. The third-order valence-electron chi connectivity index (χ3n) is 4.35. The molecule has 0 spiro atoms. The molecule has 7 heteroatoms. The van der Waals surface area contributed by atoms with Gasteiger partial charge in [0.15, 0.2) is 0 Å². The molecule has 0 saturated carbocycles. The Morgan fingerprint density at radius 1 is 1.23 bits per heavy atom. The first kappa shape index (κ1) is 18.5. The van der Waals surface area contributed by atoms with Crippen LogP contribution in [0.15, 0.2) is 42.6 Å². The SMILES string of the molecule is COCCNc1ccnc(C(=O)N2CCN(c3cccc(Cl)c3)CC2)c1. The zero-order chi connectivity index (χ0) is 18.4. The summed E-state index contributed by atoms with van der Waals surface area (Å²) < 4.78 is 5.02. The van der Waals surface area contributed by atoms with E-state index < -0.39 is 0 Å². The Kier molecular flexibility index (Phi) is 6.30. The number of methoxy groups -OCH3 is 1. The number of piperazine rings is 1. The lowest BCUT2D eigenvalue weighted by Crippen LogP contribution is -2.49. The molecule has 3 rings (SSSR count). The van der Waals surface area contributed by atoms with Gasteiger partial charge >= 0.3 is 0 Å². The third-order valence-corrected chi connectivity index (χ3v) is 4.59. The van der Waals surface area contributed by atoms with E-state index in [2.05, 4.69) is 15.2 Å². The van der Waals surface area contributed by atoms with E-state index in [1.165, 1.54) is 0 Å². The van der Waals surface area contributed by atoms with Gasteiger partial charge in [-0.15, -0.1) is 0 Å². The van der Waals surface area contributed by atoms with Crippen molar-refractivity contribution in [3.8, 4) is 0 Å². The van der Waals surface area contributed by atoms with Crippen LogP contribution in [0.4, 0.5) is 11.4 Å². The van der Waals surface area contributed by atoms with Crippen molar-refractivity contribution in [3.05, 3.63) is 53.3 Å². The minimum Gasteiger partial charge on any atom is -0.383 e. The number of pyridine rings is 1. The van der Waals surface area contributed by atoms with Gasteiger partial charge in [0, 0.05) is 62.4 Å². The van der Waals surface area contributed by atoms with Gasteiger partial charge in [-0.05, 0) is 30.3 Å². The molecule has 0 radical (unpaired) electrons. The van der Waals surface area contributed by atoms with Crippen LogP contribution in [-0.4, -0.2) is 62.2 Å². The molecule has 2 aromatic rings. The van der Waals surface area contributed by atoms with Crippen LogP contribution >= 0.6 is 11.6 Å². The van der Waals surface area contributed by atoms with Gasteiger partial charge in [0.2, 0.25) is 0 Å². The fraction of sp³-hybridized carbons (Fsp3) is 0.368. The van der Waals surface area contributed by atoms with Crippen LogP contribution in [-0.2, 0) is 4.74 Å². The average molecular weight is 375 g/mol. The maximum Gasteiger partial charge on any atom is 0.272 e. The van der Waals surface area contributed by atoms with Crippen molar-refractivity contribution in [3.63, 3.8) is 0 Å². The van der Waals surface area contributed by atoms with Gasteiger partial charge in [-0.1, -0.05) is 17.7 Å². The van der Waals surface area contributed by atoms with Crippen LogP contribution in [0, 0.1) is 0 Å². The number of carbonyl (C=O) groups excluding carboxylic acids is 1. The number of halogens is 1. The van der Waals surface area contributed by atoms with Crippen LogP contribution in [0.1, 0.15) is 10.5 Å². The van der Waals surface area contributed by atoms with Crippen molar-refractivity contribution in [2.75, 3.05) is 56.7 Å². The van der Waals surface area contributed by atoms with E-state index in [1.54, 1.807) is 19.4 Å². The fourth-order valence-corrected chi connectivity index (χ4v) is 3.14. The first-order valence-corrected chi connectivity index (χ1v) is 9.04. The molecule has 0 atom stereocenters. The number of anilines is 2. The van der Waals surface area contributed by atoms with E-state index in [4.69, 9.17) is 16.3 Å². The number of aromatic nitrogens is 1. The second-order valence-electron chi connectivity index (χ2n) is 6.11. The van der Waals surface area contributed by atoms with Crippen LogP contribution in [0.5, 0.6) is 0 Å². The highest BCUT2D eigenvalue weighted by molar-refractivity contribution is 6.30. The molecule has 0 unspecified atom stereocenters. The van der Waals surface area contributed by atoms with Gasteiger partial charge in [0.25, 0.3) is 5.91 Å². The first-order chi connectivity index (χ1) is 12.7. The Morgan fingerprint density at radius 3 is 2.77 bits per heavy atom. The van der Waals surface area contributed by atoms with Gasteiger partial charge in [0.05, 0.1) is 6.61 Å². The third kappa shape index (κ3) is 4.65. The average Bonchev–Trinajstić information content (AvgIpc) is 2.68. The number of benzene rings is 1. The van der Waals surface area contributed by atoms with Crippen molar-refractivity contribution >= 4 is 28.9 Å². The highest BCUT2D eigenvalue weighted by Gasteiger charge is 2.23. The van der Waals surface area contributed by atoms with Crippen molar-refractivity contribution in [1.82, 2.24) is 9.88 Å². The highest BCUT2D eigenvalue weighted by Crippen LogP contribution is 2.21. The van der Waals surface area contributed by atoms with Crippen LogP contribution in [0.2, 0.25) is 5.02 Å². The normalized spacial score (nSPS) is 14.4. The van der Waals surface area contributed by atoms with E-state index in [-0.39, 0.29) is 5.91 Å². The minimum atomic E-state index is -0.0360. The molecule has 1 amide bonds. The molecule has 6 nitrogen and oxygen atoms in total. The summed E-state index contributed by atoms with van der Waals surface area (Å²) in [6.45, 7) is 4.17.